The summed E-state index contributed by atoms with van der Waals surface area (Å²) in [5.41, 5.74) is 2.82. The highest BCUT2D eigenvalue weighted by Crippen LogP contribution is 2.15. The summed E-state index contributed by atoms with van der Waals surface area (Å²) in [5, 5.41) is 8.93. The van der Waals surface area contributed by atoms with Gasteiger partial charge in [-0.05, 0) is 49.3 Å². The SMILES string of the molecule is C=CCN(C(=O)CN1CCCN(Cc2ccc(C#N)cc2)CC1)c1ccccc1. The van der Waals surface area contributed by atoms with E-state index in [0.717, 1.165) is 44.8 Å². The second-order valence-corrected chi connectivity index (χ2v) is 7.34. The highest BCUT2D eigenvalue weighted by molar-refractivity contribution is 5.95. The van der Waals surface area contributed by atoms with Crippen LogP contribution in [0.3, 0.4) is 0 Å². The molecule has 1 amide bonds. The summed E-state index contributed by atoms with van der Waals surface area (Å²) in [6, 6.07) is 19.7. The highest BCUT2D eigenvalue weighted by atomic mass is 16.2. The third-order valence-electron chi connectivity index (χ3n) is 5.21. The Bertz CT molecular complexity index is 841. The molecule has 0 aliphatic carbocycles. The van der Waals surface area contributed by atoms with Gasteiger partial charge >= 0.3 is 0 Å². The minimum atomic E-state index is 0.108. The van der Waals surface area contributed by atoms with Gasteiger partial charge in [-0.15, -0.1) is 6.58 Å². The first-order valence-corrected chi connectivity index (χ1v) is 10.1. The minimum absolute atomic E-state index is 0.108. The van der Waals surface area contributed by atoms with Crippen molar-refractivity contribution in [3.8, 4) is 6.07 Å². The number of rotatable bonds is 7. The van der Waals surface area contributed by atoms with Crippen molar-refractivity contribution in [1.29, 1.82) is 5.26 Å². The van der Waals surface area contributed by atoms with E-state index in [4.69, 9.17) is 5.26 Å². The fourth-order valence-electron chi connectivity index (χ4n) is 3.65. The summed E-state index contributed by atoms with van der Waals surface area (Å²) in [7, 11) is 0. The van der Waals surface area contributed by atoms with Crippen molar-refractivity contribution >= 4 is 11.6 Å². The average molecular weight is 389 g/mol. The van der Waals surface area contributed by atoms with Crippen LogP contribution >= 0.6 is 0 Å². The Morgan fingerprint density at radius 3 is 2.41 bits per heavy atom. The molecular weight excluding hydrogens is 360 g/mol. The molecule has 1 aliphatic heterocycles. The molecule has 0 spiro atoms. The van der Waals surface area contributed by atoms with Crippen LogP contribution in [0.1, 0.15) is 17.5 Å². The second-order valence-electron chi connectivity index (χ2n) is 7.34. The number of nitrogens with zero attached hydrogens (tertiary/aromatic N) is 4. The van der Waals surface area contributed by atoms with E-state index in [9.17, 15) is 4.79 Å². The largest absolute Gasteiger partial charge is 0.308 e. The maximum atomic E-state index is 12.9. The van der Waals surface area contributed by atoms with E-state index in [-0.39, 0.29) is 5.91 Å². The van der Waals surface area contributed by atoms with Crippen molar-refractivity contribution in [2.45, 2.75) is 13.0 Å². The molecule has 2 aromatic rings. The van der Waals surface area contributed by atoms with Gasteiger partial charge in [0, 0.05) is 31.9 Å². The van der Waals surface area contributed by atoms with E-state index in [2.05, 4.69) is 22.4 Å². The predicted molar refractivity (Wildman–Crippen MR) is 116 cm³/mol. The van der Waals surface area contributed by atoms with Crippen LogP contribution in [-0.2, 0) is 11.3 Å². The van der Waals surface area contributed by atoms with Crippen molar-refractivity contribution in [2.24, 2.45) is 0 Å². The Hall–Kier alpha value is -2.94. The summed E-state index contributed by atoms with van der Waals surface area (Å²) in [5.74, 6) is 0.108. The fourth-order valence-corrected chi connectivity index (χ4v) is 3.65. The van der Waals surface area contributed by atoms with Gasteiger partial charge in [0.1, 0.15) is 0 Å². The second kappa shape index (κ2) is 10.6. The smallest absolute Gasteiger partial charge is 0.241 e. The van der Waals surface area contributed by atoms with Crippen LogP contribution in [0, 0.1) is 11.3 Å². The van der Waals surface area contributed by atoms with Crippen LogP contribution in [0.25, 0.3) is 0 Å². The molecule has 0 saturated carbocycles. The number of hydrogen-bond acceptors (Lipinski definition) is 4. The number of hydrogen-bond donors (Lipinski definition) is 0. The van der Waals surface area contributed by atoms with Gasteiger partial charge in [0.2, 0.25) is 5.91 Å². The Kier molecular flexibility index (Phi) is 7.57. The molecule has 150 valence electrons. The third-order valence-corrected chi connectivity index (χ3v) is 5.21. The lowest BCUT2D eigenvalue weighted by molar-refractivity contribution is -0.119. The molecule has 3 rings (SSSR count). The molecule has 0 unspecified atom stereocenters. The first-order chi connectivity index (χ1) is 14.2. The topological polar surface area (TPSA) is 50.6 Å². The highest BCUT2D eigenvalue weighted by Gasteiger charge is 2.21. The number of amides is 1. The van der Waals surface area contributed by atoms with E-state index >= 15 is 0 Å². The van der Waals surface area contributed by atoms with Crippen molar-refractivity contribution in [3.63, 3.8) is 0 Å². The maximum Gasteiger partial charge on any atom is 0.241 e. The maximum absolute atomic E-state index is 12.9. The predicted octanol–water partition coefficient (Wildman–Crippen LogP) is 3.29. The standard InChI is InChI=1S/C24H28N4O/c1-2-13-28(23-7-4-3-5-8-23)24(29)20-27-15-6-14-26(16-17-27)19-22-11-9-21(18-25)10-12-22/h2-5,7-12H,1,6,13-17,19-20H2. The van der Waals surface area contributed by atoms with Gasteiger partial charge in [0.05, 0.1) is 18.2 Å². The van der Waals surface area contributed by atoms with Crippen molar-refractivity contribution in [2.75, 3.05) is 44.2 Å². The normalized spacial score (nSPS) is 15.3. The van der Waals surface area contributed by atoms with Gasteiger partial charge in [-0.3, -0.25) is 14.6 Å². The quantitative estimate of drug-likeness (QED) is 0.683. The van der Waals surface area contributed by atoms with E-state index in [1.807, 2.05) is 54.6 Å². The molecule has 0 N–H and O–H groups in total. The number of para-hydroxylation sites is 1. The number of anilines is 1. The zero-order valence-corrected chi connectivity index (χ0v) is 16.8. The molecule has 1 fully saturated rings. The van der Waals surface area contributed by atoms with Crippen LogP contribution in [0.4, 0.5) is 5.69 Å². The molecule has 0 radical (unpaired) electrons. The van der Waals surface area contributed by atoms with Crippen LogP contribution in [-0.4, -0.2) is 55.0 Å². The number of carbonyl (C=O) groups excluding carboxylic acids is 1. The Morgan fingerprint density at radius 2 is 1.72 bits per heavy atom. The van der Waals surface area contributed by atoms with Gasteiger partial charge in [-0.25, -0.2) is 0 Å². The van der Waals surface area contributed by atoms with E-state index in [1.54, 1.807) is 11.0 Å². The fraction of sp³-hybridized carbons (Fsp3) is 0.333. The van der Waals surface area contributed by atoms with Crippen LogP contribution in [0.15, 0.2) is 67.3 Å². The van der Waals surface area contributed by atoms with Gasteiger partial charge in [0.25, 0.3) is 0 Å². The molecule has 1 saturated heterocycles. The zero-order valence-electron chi connectivity index (χ0n) is 16.8. The monoisotopic (exact) mass is 388 g/mol. The lowest BCUT2D eigenvalue weighted by Crippen LogP contribution is -2.42. The molecule has 29 heavy (non-hydrogen) atoms. The summed E-state index contributed by atoms with van der Waals surface area (Å²) in [6.45, 7) is 9.35. The van der Waals surface area contributed by atoms with Gasteiger partial charge in [0.15, 0.2) is 0 Å². The van der Waals surface area contributed by atoms with E-state index < -0.39 is 0 Å². The number of nitriles is 1. The molecular formula is C24H28N4O. The van der Waals surface area contributed by atoms with Crippen LogP contribution in [0.5, 0.6) is 0 Å². The average Bonchev–Trinajstić information content (AvgIpc) is 2.98. The Morgan fingerprint density at radius 1 is 1.03 bits per heavy atom. The number of carbonyl (C=O) groups is 1. The van der Waals surface area contributed by atoms with Gasteiger partial charge in [-0.1, -0.05) is 36.4 Å². The summed E-state index contributed by atoms with van der Waals surface area (Å²) in [6.07, 6.45) is 2.81. The molecule has 1 aliphatic rings. The summed E-state index contributed by atoms with van der Waals surface area (Å²) >= 11 is 0. The van der Waals surface area contributed by atoms with Gasteiger partial charge < -0.3 is 4.90 Å². The molecule has 0 atom stereocenters. The van der Waals surface area contributed by atoms with Crippen molar-refractivity contribution < 1.29 is 4.79 Å². The summed E-state index contributed by atoms with van der Waals surface area (Å²) in [4.78, 5) is 19.4. The molecule has 2 aromatic carbocycles. The van der Waals surface area contributed by atoms with Gasteiger partial charge in [-0.2, -0.15) is 5.26 Å². The lowest BCUT2D eigenvalue weighted by Gasteiger charge is -2.26. The minimum Gasteiger partial charge on any atom is -0.308 e. The zero-order chi connectivity index (χ0) is 20.5. The molecule has 0 bridgehead atoms. The van der Waals surface area contributed by atoms with E-state index in [0.29, 0.717) is 18.7 Å². The van der Waals surface area contributed by atoms with Crippen molar-refractivity contribution in [1.82, 2.24) is 9.80 Å². The first kappa shape index (κ1) is 20.8. The molecule has 5 heteroatoms. The molecule has 1 heterocycles. The van der Waals surface area contributed by atoms with E-state index in [1.165, 1.54) is 5.56 Å². The third kappa shape index (κ3) is 6.02. The Labute approximate surface area is 173 Å². The number of benzene rings is 2. The lowest BCUT2D eigenvalue weighted by atomic mass is 10.1. The molecule has 5 nitrogen and oxygen atoms in total. The Balaban J connectivity index is 1.55. The first-order valence-electron chi connectivity index (χ1n) is 10.1. The van der Waals surface area contributed by atoms with Crippen LogP contribution < -0.4 is 4.90 Å². The molecule has 0 aromatic heterocycles. The van der Waals surface area contributed by atoms with Crippen LogP contribution in [0.2, 0.25) is 0 Å². The summed E-state index contributed by atoms with van der Waals surface area (Å²) < 4.78 is 0. The van der Waals surface area contributed by atoms with Crippen molar-refractivity contribution in [3.05, 3.63) is 78.4 Å².